The molecule has 13 nitrogen and oxygen atoms in total. The van der Waals surface area contributed by atoms with Crippen molar-refractivity contribution in [1.82, 2.24) is 26.1 Å². The molecule has 2 aliphatic rings. The van der Waals surface area contributed by atoms with Crippen molar-refractivity contribution in [2.75, 3.05) is 19.7 Å². The van der Waals surface area contributed by atoms with Gasteiger partial charge in [0.15, 0.2) is 5.66 Å². The van der Waals surface area contributed by atoms with E-state index in [0.717, 1.165) is 0 Å². The van der Waals surface area contributed by atoms with Gasteiger partial charge in [0.2, 0.25) is 0 Å². The summed E-state index contributed by atoms with van der Waals surface area (Å²) in [7, 11) is 0. The van der Waals surface area contributed by atoms with Crippen LogP contribution >= 0.6 is 0 Å². The Morgan fingerprint density at radius 3 is 2.69 bits per heavy atom. The van der Waals surface area contributed by atoms with Crippen molar-refractivity contribution in [2.24, 2.45) is 4.99 Å². The maximum absolute atomic E-state index is 12.3. The molecule has 2 unspecified atom stereocenters. The standard InChI is InChI=1S/C16H26N6O7/c1-15(2,3)29-13(25)19-12(24)18-7-8-28-20-11(23)10-5-6-16(17-4)9-21(10)14(26)22(16)27/h10,27H,4-9H2,1-3H3,(H,20,23)(H2,18,19,24,25). The second-order valence-corrected chi connectivity index (χ2v) is 7.61. The van der Waals surface area contributed by atoms with Crippen LogP contribution in [0, 0.1) is 0 Å². The molecule has 6 amide bonds. The van der Waals surface area contributed by atoms with Crippen LogP contribution in [0.3, 0.4) is 0 Å². The van der Waals surface area contributed by atoms with Gasteiger partial charge in [0.25, 0.3) is 5.91 Å². The van der Waals surface area contributed by atoms with Crippen molar-refractivity contribution in [1.29, 1.82) is 0 Å². The fourth-order valence-corrected chi connectivity index (χ4v) is 2.97. The Kier molecular flexibility index (Phi) is 6.64. The maximum Gasteiger partial charge on any atom is 0.415 e. The number of imide groups is 1. The zero-order chi connectivity index (χ0) is 21.8. The first-order valence-corrected chi connectivity index (χ1v) is 8.96. The van der Waals surface area contributed by atoms with Gasteiger partial charge in [0.1, 0.15) is 11.6 Å². The first-order valence-electron chi connectivity index (χ1n) is 8.96. The smallest absolute Gasteiger partial charge is 0.415 e. The third kappa shape index (κ3) is 5.32. The molecule has 29 heavy (non-hydrogen) atoms. The highest BCUT2D eigenvalue weighted by molar-refractivity contribution is 5.90. The van der Waals surface area contributed by atoms with E-state index in [-0.39, 0.29) is 32.5 Å². The summed E-state index contributed by atoms with van der Waals surface area (Å²) >= 11 is 0. The number of ether oxygens (including phenoxy) is 1. The molecule has 0 saturated carbocycles. The van der Waals surface area contributed by atoms with E-state index in [1.807, 2.05) is 5.32 Å². The largest absolute Gasteiger partial charge is 0.443 e. The molecule has 0 radical (unpaired) electrons. The van der Waals surface area contributed by atoms with Crippen LogP contribution < -0.4 is 16.1 Å². The Balaban J connectivity index is 1.68. The highest BCUT2D eigenvalue weighted by Gasteiger charge is 2.56. The van der Waals surface area contributed by atoms with Crippen LogP contribution in [0.4, 0.5) is 14.4 Å². The van der Waals surface area contributed by atoms with E-state index in [1.165, 1.54) is 4.90 Å². The average molecular weight is 414 g/mol. The molecule has 2 aliphatic heterocycles. The number of urea groups is 2. The number of aliphatic imine (C=N–C) groups is 1. The van der Waals surface area contributed by atoms with Crippen molar-refractivity contribution in [2.45, 2.75) is 50.9 Å². The van der Waals surface area contributed by atoms with Crippen molar-refractivity contribution in [3.05, 3.63) is 0 Å². The number of nitrogens with one attached hydrogen (secondary N) is 3. The maximum atomic E-state index is 12.3. The second kappa shape index (κ2) is 8.61. The van der Waals surface area contributed by atoms with E-state index in [9.17, 15) is 24.4 Å². The van der Waals surface area contributed by atoms with Gasteiger partial charge in [-0.15, -0.1) is 0 Å². The minimum Gasteiger partial charge on any atom is -0.443 e. The third-order valence-electron chi connectivity index (χ3n) is 4.31. The molecule has 162 valence electrons. The van der Waals surface area contributed by atoms with Gasteiger partial charge in [-0.1, -0.05) is 0 Å². The lowest BCUT2D eigenvalue weighted by atomic mass is 9.95. The van der Waals surface area contributed by atoms with Crippen LogP contribution in [0.2, 0.25) is 0 Å². The van der Waals surface area contributed by atoms with E-state index < -0.39 is 41.4 Å². The summed E-state index contributed by atoms with van der Waals surface area (Å²) in [4.78, 5) is 57.4. The van der Waals surface area contributed by atoms with Gasteiger partial charge in [-0.2, -0.15) is 5.06 Å². The second-order valence-electron chi connectivity index (χ2n) is 7.61. The molecule has 13 heteroatoms. The first-order chi connectivity index (χ1) is 13.5. The van der Waals surface area contributed by atoms with Crippen LogP contribution in [0.15, 0.2) is 4.99 Å². The number of hydrogen-bond donors (Lipinski definition) is 4. The van der Waals surface area contributed by atoms with E-state index in [4.69, 9.17) is 9.57 Å². The van der Waals surface area contributed by atoms with Gasteiger partial charge in [-0.05, 0) is 40.3 Å². The fraction of sp³-hybridized carbons (Fsp3) is 0.688. The molecule has 0 aromatic rings. The first kappa shape index (κ1) is 22.4. The highest BCUT2D eigenvalue weighted by Crippen LogP contribution is 2.37. The molecule has 0 spiro atoms. The molecule has 2 bridgehead atoms. The number of amides is 6. The number of nitrogens with zero attached hydrogens (tertiary/aromatic N) is 3. The van der Waals surface area contributed by atoms with Crippen molar-refractivity contribution in [3.63, 3.8) is 0 Å². The van der Waals surface area contributed by atoms with Gasteiger partial charge in [-0.25, -0.2) is 25.2 Å². The number of hydroxylamine groups is 3. The summed E-state index contributed by atoms with van der Waals surface area (Å²) in [5, 5.41) is 14.7. The van der Waals surface area contributed by atoms with Crippen LogP contribution in [-0.4, -0.2) is 83.0 Å². The molecule has 2 heterocycles. The van der Waals surface area contributed by atoms with E-state index in [1.54, 1.807) is 20.8 Å². The number of alkyl carbamates (subject to hydrolysis) is 1. The lowest BCUT2D eigenvalue weighted by Crippen LogP contribution is -2.52. The highest BCUT2D eigenvalue weighted by atomic mass is 16.7. The van der Waals surface area contributed by atoms with E-state index >= 15 is 0 Å². The molecule has 2 saturated heterocycles. The number of rotatable bonds is 6. The zero-order valence-electron chi connectivity index (χ0n) is 16.6. The van der Waals surface area contributed by atoms with Crippen molar-refractivity contribution >= 4 is 30.8 Å². The summed E-state index contributed by atoms with van der Waals surface area (Å²) in [6, 6.07) is -2.33. The molecule has 2 atom stereocenters. The van der Waals surface area contributed by atoms with Gasteiger partial charge in [0, 0.05) is 6.54 Å². The molecule has 2 rings (SSSR count). The van der Waals surface area contributed by atoms with Crippen molar-refractivity contribution < 1.29 is 34.0 Å². The lowest BCUT2D eigenvalue weighted by Gasteiger charge is -2.34. The number of carbonyl (C=O) groups is 4. The van der Waals surface area contributed by atoms with Crippen LogP contribution in [0.25, 0.3) is 0 Å². The summed E-state index contributed by atoms with van der Waals surface area (Å²) in [5.74, 6) is -0.565. The summed E-state index contributed by atoms with van der Waals surface area (Å²) < 4.78 is 4.93. The topological polar surface area (TPSA) is 162 Å². The molecule has 4 N–H and O–H groups in total. The lowest BCUT2D eigenvalue weighted by molar-refractivity contribution is -0.139. The predicted octanol–water partition coefficient (Wildman–Crippen LogP) is -0.0454. The van der Waals surface area contributed by atoms with Crippen LogP contribution in [0.5, 0.6) is 0 Å². The minimum atomic E-state index is -1.12. The SMILES string of the molecule is C=NC12CCC(C(=O)NOCCNC(=O)NC(=O)OC(C)(C)C)N(C1)C(=O)N2O. The monoisotopic (exact) mass is 414 g/mol. The minimum absolute atomic E-state index is 0.00383. The Bertz CT molecular complexity index is 694. The van der Waals surface area contributed by atoms with Gasteiger partial charge in [0.05, 0.1) is 13.2 Å². The quantitative estimate of drug-likeness (QED) is 0.205. The Morgan fingerprint density at radius 1 is 1.38 bits per heavy atom. The summed E-state index contributed by atoms with van der Waals surface area (Å²) in [6.07, 6.45) is -0.340. The average Bonchev–Trinajstić information content (AvgIpc) is 2.81. The number of piperidine rings is 1. The molecule has 0 aliphatic carbocycles. The summed E-state index contributed by atoms with van der Waals surface area (Å²) in [6.45, 7) is 8.35. The molecule has 0 aromatic carbocycles. The van der Waals surface area contributed by atoms with Crippen LogP contribution in [0.1, 0.15) is 33.6 Å². The van der Waals surface area contributed by atoms with E-state index in [2.05, 4.69) is 22.5 Å². The predicted molar refractivity (Wildman–Crippen MR) is 97.9 cm³/mol. The van der Waals surface area contributed by atoms with Crippen molar-refractivity contribution in [3.8, 4) is 0 Å². The van der Waals surface area contributed by atoms with Gasteiger partial charge < -0.3 is 15.0 Å². The zero-order valence-corrected chi connectivity index (χ0v) is 16.6. The van der Waals surface area contributed by atoms with Crippen LogP contribution in [-0.2, 0) is 14.4 Å². The van der Waals surface area contributed by atoms with Gasteiger partial charge >= 0.3 is 18.2 Å². The van der Waals surface area contributed by atoms with Gasteiger partial charge in [-0.3, -0.25) is 19.8 Å². The third-order valence-corrected chi connectivity index (χ3v) is 4.31. The van der Waals surface area contributed by atoms with E-state index in [0.29, 0.717) is 5.06 Å². The Hall–Kier alpha value is -2.93. The number of hydrogen-bond acceptors (Lipinski definition) is 8. The number of carbonyl (C=O) groups excluding carboxylic acids is 4. The molecular weight excluding hydrogens is 388 g/mol. The molecule has 2 fully saturated rings. The Labute approximate surface area is 167 Å². The molecule has 0 aromatic heterocycles. The fourth-order valence-electron chi connectivity index (χ4n) is 2.97. The normalized spacial score (nSPS) is 23.4. The number of fused-ring (bicyclic) bond motifs is 2. The summed E-state index contributed by atoms with van der Waals surface area (Å²) in [5.41, 5.74) is 0.345. The Morgan fingerprint density at radius 2 is 2.07 bits per heavy atom. The molecular formula is C16H26N6O7.